The van der Waals surface area contributed by atoms with E-state index in [0.717, 1.165) is 12.1 Å². The number of sulfonamides is 1. The minimum absolute atomic E-state index is 0.375. The first-order chi connectivity index (χ1) is 8.71. The molecular weight excluding hydrogens is 273 g/mol. The SMILES string of the molecule is CC(C)[C@@H](NS(=O)(=O)Cc1ccc(F)cc1)C(=O)O. The summed E-state index contributed by atoms with van der Waals surface area (Å²) in [6.45, 7) is 3.22. The number of benzene rings is 1. The summed E-state index contributed by atoms with van der Waals surface area (Å²) in [4.78, 5) is 10.9. The monoisotopic (exact) mass is 289 g/mol. The minimum atomic E-state index is -3.79. The van der Waals surface area contributed by atoms with Crippen LogP contribution in [-0.2, 0) is 20.6 Å². The summed E-state index contributed by atoms with van der Waals surface area (Å²) in [7, 11) is -3.79. The van der Waals surface area contributed by atoms with Gasteiger partial charge in [-0.2, -0.15) is 0 Å². The van der Waals surface area contributed by atoms with Gasteiger partial charge < -0.3 is 5.11 Å². The Kier molecular flexibility index (Phi) is 5.02. The van der Waals surface area contributed by atoms with E-state index >= 15 is 0 Å². The van der Waals surface area contributed by atoms with Gasteiger partial charge in [0.05, 0.1) is 5.75 Å². The molecule has 1 rings (SSSR count). The van der Waals surface area contributed by atoms with Crippen LogP contribution in [0.15, 0.2) is 24.3 Å². The second-order valence-corrected chi connectivity index (χ2v) is 6.32. The van der Waals surface area contributed by atoms with Gasteiger partial charge >= 0.3 is 5.97 Å². The van der Waals surface area contributed by atoms with Crippen LogP contribution >= 0.6 is 0 Å². The lowest BCUT2D eigenvalue weighted by Gasteiger charge is -2.17. The quantitative estimate of drug-likeness (QED) is 0.828. The first-order valence-electron chi connectivity index (χ1n) is 5.68. The van der Waals surface area contributed by atoms with Crippen molar-refractivity contribution in [2.75, 3.05) is 0 Å². The molecule has 0 bridgehead atoms. The third-order valence-corrected chi connectivity index (χ3v) is 3.84. The third kappa shape index (κ3) is 4.96. The van der Waals surface area contributed by atoms with Crippen LogP contribution in [0.5, 0.6) is 0 Å². The Bertz CT molecular complexity index is 539. The first-order valence-corrected chi connectivity index (χ1v) is 7.34. The Morgan fingerprint density at radius 1 is 1.32 bits per heavy atom. The second kappa shape index (κ2) is 6.12. The van der Waals surface area contributed by atoms with Crippen LogP contribution in [0.25, 0.3) is 0 Å². The summed E-state index contributed by atoms with van der Waals surface area (Å²) >= 11 is 0. The topological polar surface area (TPSA) is 83.5 Å². The lowest BCUT2D eigenvalue weighted by molar-refractivity contribution is -0.140. The van der Waals surface area contributed by atoms with E-state index in [0.29, 0.717) is 5.56 Å². The van der Waals surface area contributed by atoms with Gasteiger partial charge in [0, 0.05) is 0 Å². The Balaban J connectivity index is 2.81. The van der Waals surface area contributed by atoms with Crippen LogP contribution in [0.1, 0.15) is 19.4 Å². The van der Waals surface area contributed by atoms with Gasteiger partial charge in [0.2, 0.25) is 10.0 Å². The number of rotatable bonds is 6. The van der Waals surface area contributed by atoms with Crippen molar-refractivity contribution < 1.29 is 22.7 Å². The van der Waals surface area contributed by atoms with E-state index in [1.54, 1.807) is 13.8 Å². The molecule has 0 saturated carbocycles. The molecule has 0 spiro atoms. The lowest BCUT2D eigenvalue weighted by atomic mass is 10.1. The van der Waals surface area contributed by atoms with Gasteiger partial charge in [0.15, 0.2) is 0 Å². The molecule has 1 aromatic rings. The maximum atomic E-state index is 12.7. The maximum Gasteiger partial charge on any atom is 0.321 e. The van der Waals surface area contributed by atoms with E-state index in [1.807, 2.05) is 0 Å². The molecule has 0 radical (unpaired) electrons. The molecule has 5 nitrogen and oxygen atoms in total. The molecule has 1 atom stereocenters. The Labute approximate surface area is 111 Å². The molecule has 106 valence electrons. The van der Waals surface area contributed by atoms with Gasteiger partial charge in [0.25, 0.3) is 0 Å². The van der Waals surface area contributed by atoms with E-state index in [-0.39, 0.29) is 11.7 Å². The lowest BCUT2D eigenvalue weighted by Crippen LogP contribution is -2.44. The highest BCUT2D eigenvalue weighted by Crippen LogP contribution is 2.09. The second-order valence-electron chi connectivity index (χ2n) is 4.56. The van der Waals surface area contributed by atoms with Crippen molar-refractivity contribution in [3.8, 4) is 0 Å². The van der Waals surface area contributed by atoms with Crippen molar-refractivity contribution in [3.05, 3.63) is 35.6 Å². The van der Waals surface area contributed by atoms with E-state index in [9.17, 15) is 17.6 Å². The fraction of sp³-hybridized carbons (Fsp3) is 0.417. The summed E-state index contributed by atoms with van der Waals surface area (Å²) in [5.41, 5.74) is 0.391. The highest BCUT2D eigenvalue weighted by atomic mass is 32.2. The van der Waals surface area contributed by atoms with Gasteiger partial charge in [-0.1, -0.05) is 26.0 Å². The van der Waals surface area contributed by atoms with Crippen molar-refractivity contribution in [1.82, 2.24) is 4.72 Å². The summed E-state index contributed by atoms with van der Waals surface area (Å²) in [6.07, 6.45) is 0. The predicted molar refractivity (Wildman–Crippen MR) is 68.4 cm³/mol. The fourth-order valence-corrected chi connectivity index (χ4v) is 2.98. The van der Waals surface area contributed by atoms with E-state index < -0.39 is 27.9 Å². The van der Waals surface area contributed by atoms with Crippen molar-refractivity contribution in [2.24, 2.45) is 5.92 Å². The Morgan fingerprint density at radius 3 is 2.26 bits per heavy atom. The highest BCUT2D eigenvalue weighted by molar-refractivity contribution is 7.88. The average Bonchev–Trinajstić information content (AvgIpc) is 2.28. The summed E-state index contributed by atoms with van der Waals surface area (Å²) < 4.78 is 38.5. The summed E-state index contributed by atoms with van der Waals surface area (Å²) in [5, 5.41) is 8.93. The smallest absolute Gasteiger partial charge is 0.321 e. The molecule has 0 fully saturated rings. The molecule has 0 saturated heterocycles. The summed E-state index contributed by atoms with van der Waals surface area (Å²) in [6, 6.07) is 3.83. The van der Waals surface area contributed by atoms with Crippen molar-refractivity contribution in [3.63, 3.8) is 0 Å². The zero-order chi connectivity index (χ0) is 14.6. The van der Waals surface area contributed by atoms with Crippen LogP contribution in [0, 0.1) is 11.7 Å². The summed E-state index contributed by atoms with van der Waals surface area (Å²) in [5.74, 6) is -2.44. The van der Waals surface area contributed by atoms with Crippen LogP contribution in [0.4, 0.5) is 4.39 Å². The molecule has 0 aliphatic heterocycles. The minimum Gasteiger partial charge on any atom is -0.480 e. The first kappa shape index (κ1) is 15.6. The largest absolute Gasteiger partial charge is 0.480 e. The van der Waals surface area contributed by atoms with E-state index in [4.69, 9.17) is 5.11 Å². The fourth-order valence-electron chi connectivity index (χ4n) is 1.51. The molecule has 19 heavy (non-hydrogen) atoms. The highest BCUT2D eigenvalue weighted by Gasteiger charge is 2.26. The van der Waals surface area contributed by atoms with E-state index in [1.165, 1.54) is 12.1 Å². The van der Waals surface area contributed by atoms with Crippen molar-refractivity contribution >= 4 is 16.0 Å². The number of carbonyl (C=O) groups is 1. The number of carboxylic acids is 1. The van der Waals surface area contributed by atoms with Crippen LogP contribution in [0.3, 0.4) is 0 Å². The van der Waals surface area contributed by atoms with Gasteiger partial charge in [-0.05, 0) is 23.6 Å². The molecule has 0 aromatic heterocycles. The van der Waals surface area contributed by atoms with Gasteiger partial charge in [0.1, 0.15) is 11.9 Å². The number of nitrogens with one attached hydrogen (secondary N) is 1. The standard InChI is InChI=1S/C12H16FNO4S/c1-8(2)11(12(15)16)14-19(17,18)7-9-3-5-10(13)6-4-9/h3-6,8,11,14H,7H2,1-2H3,(H,15,16)/t11-/m1/s1. The number of hydrogen-bond acceptors (Lipinski definition) is 3. The Hall–Kier alpha value is -1.47. The molecule has 0 amide bonds. The molecule has 0 aliphatic carbocycles. The molecule has 2 N–H and O–H groups in total. The van der Waals surface area contributed by atoms with Crippen molar-refractivity contribution in [1.29, 1.82) is 0 Å². The number of halogens is 1. The zero-order valence-corrected chi connectivity index (χ0v) is 11.4. The molecule has 0 unspecified atom stereocenters. The van der Waals surface area contributed by atoms with Crippen LogP contribution in [-0.4, -0.2) is 25.5 Å². The molecule has 0 heterocycles. The zero-order valence-electron chi connectivity index (χ0n) is 10.6. The molecule has 0 aliphatic rings. The van der Waals surface area contributed by atoms with Crippen LogP contribution < -0.4 is 4.72 Å². The molecule has 1 aromatic carbocycles. The third-order valence-electron chi connectivity index (χ3n) is 2.51. The number of aliphatic carboxylic acids is 1. The number of hydrogen-bond donors (Lipinski definition) is 2. The van der Waals surface area contributed by atoms with Crippen LogP contribution in [0.2, 0.25) is 0 Å². The number of carboxylic acid groups (broad SMARTS) is 1. The predicted octanol–water partition coefficient (Wildman–Crippen LogP) is 1.35. The Morgan fingerprint density at radius 2 is 1.84 bits per heavy atom. The van der Waals surface area contributed by atoms with Gasteiger partial charge in [-0.25, -0.2) is 17.5 Å². The van der Waals surface area contributed by atoms with Gasteiger partial charge in [-0.3, -0.25) is 4.79 Å². The normalized spacial score (nSPS) is 13.5. The maximum absolute atomic E-state index is 12.7. The molecular formula is C12H16FNO4S. The van der Waals surface area contributed by atoms with E-state index in [2.05, 4.69) is 4.72 Å². The van der Waals surface area contributed by atoms with Crippen molar-refractivity contribution in [2.45, 2.75) is 25.6 Å². The molecule has 7 heteroatoms. The average molecular weight is 289 g/mol. The van der Waals surface area contributed by atoms with Gasteiger partial charge in [-0.15, -0.1) is 0 Å².